The van der Waals surface area contributed by atoms with Crippen LogP contribution in [-0.2, 0) is 0 Å². The van der Waals surface area contributed by atoms with Gasteiger partial charge in [0.15, 0.2) is 0 Å². The van der Waals surface area contributed by atoms with Gasteiger partial charge in [-0.3, -0.25) is 0 Å². The first-order valence-electron chi connectivity index (χ1n) is 10.5. The van der Waals surface area contributed by atoms with Crippen LogP contribution < -0.4 is 0 Å². The van der Waals surface area contributed by atoms with Crippen molar-refractivity contribution >= 4 is 0 Å². The van der Waals surface area contributed by atoms with E-state index >= 15 is 0 Å². The van der Waals surface area contributed by atoms with Crippen LogP contribution in [0.5, 0.6) is 0 Å². The maximum Gasteiger partial charge on any atom is 0.134 e. The molecule has 24 heavy (non-hydrogen) atoms. The second kappa shape index (κ2) is 8.47. The molecule has 0 saturated heterocycles. The molecule has 4 atom stereocenters. The summed E-state index contributed by atoms with van der Waals surface area (Å²) in [6.07, 6.45) is 9.59. The van der Waals surface area contributed by atoms with E-state index in [0.717, 1.165) is 43.4 Å². The lowest BCUT2D eigenvalue weighted by Crippen LogP contribution is -2.42. The van der Waals surface area contributed by atoms with E-state index in [1.165, 1.54) is 38.5 Å². The van der Waals surface area contributed by atoms with E-state index in [1.807, 2.05) is 0 Å². The minimum absolute atomic E-state index is 0.0203. The maximum atomic E-state index is 14.6. The van der Waals surface area contributed by atoms with Crippen molar-refractivity contribution in [3.8, 4) is 0 Å². The van der Waals surface area contributed by atoms with Crippen molar-refractivity contribution < 1.29 is 13.9 Å². The lowest BCUT2D eigenvalue weighted by atomic mass is 9.64. The first-order chi connectivity index (χ1) is 11.6. The second-order valence-corrected chi connectivity index (χ2v) is 9.10. The predicted molar refractivity (Wildman–Crippen MR) is 94.3 cm³/mol. The van der Waals surface area contributed by atoms with Crippen molar-refractivity contribution in [2.75, 3.05) is 6.61 Å². The maximum absolute atomic E-state index is 14.6. The number of aliphatic hydroxyl groups is 1. The SMILES string of the molecule is CC1CCC(C2CCC(C3CCC(CCO)C(F)C3F)CC2)CC1. The highest BCUT2D eigenvalue weighted by Gasteiger charge is 2.44. The van der Waals surface area contributed by atoms with E-state index in [-0.39, 0.29) is 18.4 Å². The summed E-state index contributed by atoms with van der Waals surface area (Å²) in [5.74, 6) is 2.72. The Bertz CT molecular complexity index is 372. The summed E-state index contributed by atoms with van der Waals surface area (Å²) < 4.78 is 29.0. The highest BCUT2D eigenvalue weighted by atomic mass is 19.2. The summed E-state index contributed by atoms with van der Waals surface area (Å²) in [5, 5.41) is 9.02. The van der Waals surface area contributed by atoms with Crippen LogP contribution >= 0.6 is 0 Å². The third-order valence-corrected chi connectivity index (χ3v) is 7.68. The summed E-state index contributed by atoms with van der Waals surface area (Å²) in [7, 11) is 0. The van der Waals surface area contributed by atoms with Crippen LogP contribution in [-0.4, -0.2) is 24.1 Å². The molecular weight excluding hydrogens is 306 g/mol. The van der Waals surface area contributed by atoms with Crippen molar-refractivity contribution in [1.82, 2.24) is 0 Å². The summed E-state index contributed by atoms with van der Waals surface area (Å²) in [5.41, 5.74) is 0. The van der Waals surface area contributed by atoms with E-state index in [4.69, 9.17) is 5.11 Å². The van der Waals surface area contributed by atoms with Gasteiger partial charge in [0.25, 0.3) is 0 Å². The first kappa shape index (κ1) is 18.6. The summed E-state index contributed by atoms with van der Waals surface area (Å²) >= 11 is 0. The standard InChI is InChI=1S/C21H36F2O/c1-14-2-4-15(5-3-14)16-6-8-17(9-7-16)19-11-10-18(12-13-24)20(22)21(19)23/h14-21,24H,2-13H2,1H3. The molecule has 0 spiro atoms. The average molecular weight is 343 g/mol. The van der Waals surface area contributed by atoms with Crippen molar-refractivity contribution in [2.45, 2.75) is 89.9 Å². The summed E-state index contributed by atoms with van der Waals surface area (Å²) in [4.78, 5) is 0. The Hall–Kier alpha value is -0.180. The van der Waals surface area contributed by atoms with Crippen LogP contribution in [0.2, 0.25) is 0 Å². The Kier molecular flexibility index (Phi) is 6.56. The molecule has 1 nitrogen and oxygen atoms in total. The van der Waals surface area contributed by atoms with Crippen LogP contribution in [0.1, 0.15) is 77.6 Å². The van der Waals surface area contributed by atoms with E-state index in [1.54, 1.807) is 0 Å². The summed E-state index contributed by atoms with van der Waals surface area (Å²) in [6.45, 7) is 2.35. The molecule has 140 valence electrons. The zero-order chi connectivity index (χ0) is 17.1. The first-order valence-corrected chi connectivity index (χ1v) is 10.5. The van der Waals surface area contributed by atoms with Gasteiger partial charge in [-0.15, -0.1) is 0 Å². The fourth-order valence-corrected chi connectivity index (χ4v) is 5.99. The molecule has 0 aromatic heterocycles. The molecule has 0 aromatic rings. The number of hydrogen-bond acceptors (Lipinski definition) is 1. The molecule has 3 rings (SSSR count). The fourth-order valence-electron chi connectivity index (χ4n) is 5.99. The highest BCUT2D eigenvalue weighted by molar-refractivity contribution is 4.93. The smallest absolute Gasteiger partial charge is 0.134 e. The zero-order valence-electron chi connectivity index (χ0n) is 15.3. The topological polar surface area (TPSA) is 20.2 Å². The van der Waals surface area contributed by atoms with Gasteiger partial charge in [-0.05, 0) is 93.3 Å². The number of halogens is 2. The van der Waals surface area contributed by atoms with E-state index in [9.17, 15) is 8.78 Å². The molecule has 0 aromatic carbocycles. The zero-order valence-corrected chi connectivity index (χ0v) is 15.3. The van der Waals surface area contributed by atoms with Gasteiger partial charge in [0.05, 0.1) is 0 Å². The van der Waals surface area contributed by atoms with Crippen molar-refractivity contribution in [3.05, 3.63) is 0 Å². The molecule has 3 aliphatic rings. The lowest BCUT2D eigenvalue weighted by Gasteiger charge is -2.43. The van der Waals surface area contributed by atoms with Crippen LogP contribution in [0.25, 0.3) is 0 Å². The van der Waals surface area contributed by atoms with Crippen molar-refractivity contribution in [2.24, 2.45) is 35.5 Å². The molecule has 0 heterocycles. The Morgan fingerprint density at radius 2 is 1.25 bits per heavy atom. The highest BCUT2D eigenvalue weighted by Crippen LogP contribution is 2.47. The molecule has 3 heteroatoms. The van der Waals surface area contributed by atoms with Gasteiger partial charge < -0.3 is 5.11 Å². The van der Waals surface area contributed by atoms with Gasteiger partial charge in [-0.1, -0.05) is 19.8 Å². The van der Waals surface area contributed by atoms with Gasteiger partial charge in [0, 0.05) is 6.61 Å². The van der Waals surface area contributed by atoms with Gasteiger partial charge in [0.1, 0.15) is 12.3 Å². The number of alkyl halides is 2. The van der Waals surface area contributed by atoms with Gasteiger partial charge in [0.2, 0.25) is 0 Å². The fraction of sp³-hybridized carbons (Fsp3) is 1.00. The number of hydrogen-bond donors (Lipinski definition) is 1. The van der Waals surface area contributed by atoms with Crippen LogP contribution in [0, 0.1) is 35.5 Å². The molecule has 0 amide bonds. The quantitative estimate of drug-likeness (QED) is 0.694. The lowest BCUT2D eigenvalue weighted by molar-refractivity contribution is -0.0205. The molecule has 1 N–H and O–H groups in total. The molecule has 3 fully saturated rings. The van der Waals surface area contributed by atoms with Crippen LogP contribution in [0.3, 0.4) is 0 Å². The largest absolute Gasteiger partial charge is 0.396 e. The van der Waals surface area contributed by atoms with Crippen LogP contribution in [0.15, 0.2) is 0 Å². The van der Waals surface area contributed by atoms with Gasteiger partial charge in [-0.2, -0.15) is 0 Å². The molecule has 3 saturated carbocycles. The minimum atomic E-state index is -1.35. The molecular formula is C21H36F2O. The number of rotatable bonds is 4. The molecule has 0 radical (unpaired) electrons. The third kappa shape index (κ3) is 4.14. The third-order valence-electron chi connectivity index (χ3n) is 7.68. The molecule has 4 unspecified atom stereocenters. The average Bonchev–Trinajstić information content (AvgIpc) is 2.60. The van der Waals surface area contributed by atoms with E-state index in [0.29, 0.717) is 12.3 Å². The Labute approximate surface area is 146 Å². The summed E-state index contributed by atoms with van der Waals surface area (Å²) in [6, 6.07) is 0. The monoisotopic (exact) mass is 342 g/mol. The normalized spacial score (nSPS) is 47.5. The van der Waals surface area contributed by atoms with Crippen molar-refractivity contribution in [1.29, 1.82) is 0 Å². The molecule has 3 aliphatic carbocycles. The Morgan fingerprint density at radius 1 is 0.708 bits per heavy atom. The van der Waals surface area contributed by atoms with Gasteiger partial charge >= 0.3 is 0 Å². The second-order valence-electron chi connectivity index (χ2n) is 9.10. The van der Waals surface area contributed by atoms with E-state index in [2.05, 4.69) is 6.92 Å². The Morgan fingerprint density at radius 3 is 1.83 bits per heavy atom. The van der Waals surface area contributed by atoms with Gasteiger partial charge in [-0.25, -0.2) is 8.78 Å². The molecule has 0 bridgehead atoms. The number of aliphatic hydroxyl groups excluding tert-OH is 1. The Balaban J connectivity index is 1.48. The molecule has 0 aliphatic heterocycles. The predicted octanol–water partition coefficient (Wildman–Crippen LogP) is 5.70. The minimum Gasteiger partial charge on any atom is -0.396 e. The van der Waals surface area contributed by atoms with Crippen molar-refractivity contribution in [3.63, 3.8) is 0 Å². The van der Waals surface area contributed by atoms with Crippen LogP contribution in [0.4, 0.5) is 8.78 Å². The van der Waals surface area contributed by atoms with E-state index < -0.39 is 12.3 Å².